The van der Waals surface area contributed by atoms with Gasteiger partial charge in [-0.25, -0.2) is 4.79 Å². The lowest BCUT2D eigenvalue weighted by atomic mass is 9.46. The first kappa shape index (κ1) is 32.5. The summed E-state index contributed by atoms with van der Waals surface area (Å²) in [6.45, 7) is 7.54. The van der Waals surface area contributed by atoms with Gasteiger partial charge < -0.3 is 31.4 Å². The van der Waals surface area contributed by atoms with Gasteiger partial charge in [0, 0.05) is 5.41 Å². The molecule has 11 heteroatoms. The van der Waals surface area contributed by atoms with Crippen LogP contribution in [0.3, 0.4) is 0 Å². The van der Waals surface area contributed by atoms with Crippen LogP contribution in [0, 0.1) is 46.8 Å². The number of fused-ring (bicyclic) bond motifs is 5. The third kappa shape index (κ3) is 6.17. The first-order valence-electron chi connectivity index (χ1n) is 15.4. The zero-order chi connectivity index (χ0) is 31.7. The van der Waals surface area contributed by atoms with Crippen molar-refractivity contribution in [2.45, 2.75) is 103 Å². The highest BCUT2D eigenvalue weighted by molar-refractivity contribution is 5.96. The van der Waals surface area contributed by atoms with Gasteiger partial charge in [-0.2, -0.15) is 0 Å². The molecule has 236 valence electrons. The van der Waals surface area contributed by atoms with E-state index in [0.717, 1.165) is 44.2 Å². The fourth-order valence-electron chi connectivity index (χ4n) is 8.48. The summed E-state index contributed by atoms with van der Waals surface area (Å²) in [6.07, 6.45) is 14.7. The summed E-state index contributed by atoms with van der Waals surface area (Å²) in [5, 5.41) is 29.6. The molecule has 3 saturated carbocycles. The van der Waals surface area contributed by atoms with E-state index in [2.05, 4.69) is 41.6 Å². The van der Waals surface area contributed by atoms with Crippen LogP contribution in [-0.2, 0) is 24.0 Å². The van der Waals surface area contributed by atoms with Gasteiger partial charge in [-0.05, 0) is 86.5 Å². The Morgan fingerprint density at radius 1 is 1.12 bits per heavy atom. The quantitative estimate of drug-likeness (QED) is 0.189. The molecule has 4 aliphatic carbocycles. The van der Waals surface area contributed by atoms with Gasteiger partial charge in [-0.3, -0.25) is 14.4 Å². The molecule has 0 aromatic rings. The van der Waals surface area contributed by atoms with E-state index in [1.807, 2.05) is 0 Å². The van der Waals surface area contributed by atoms with Crippen molar-refractivity contribution in [1.29, 1.82) is 0 Å². The van der Waals surface area contributed by atoms with Gasteiger partial charge >= 0.3 is 5.97 Å². The number of oxime groups is 1. The van der Waals surface area contributed by atoms with Gasteiger partial charge in [-0.15, -0.1) is 6.42 Å². The first-order chi connectivity index (χ1) is 20.1. The molecule has 0 bridgehead atoms. The molecular weight excluding hydrogens is 552 g/mol. The summed E-state index contributed by atoms with van der Waals surface area (Å²) in [4.78, 5) is 53.2. The molecule has 0 aromatic heterocycles. The van der Waals surface area contributed by atoms with E-state index < -0.39 is 54.4 Å². The number of primary amides is 1. The third-order valence-corrected chi connectivity index (χ3v) is 11.0. The molecule has 3 amide bonds. The maximum absolute atomic E-state index is 12.7. The van der Waals surface area contributed by atoms with Gasteiger partial charge in [0.15, 0.2) is 6.61 Å². The smallest absolute Gasteiger partial charge is 0.326 e. The molecule has 4 rings (SSSR count). The van der Waals surface area contributed by atoms with Crippen LogP contribution in [-0.4, -0.2) is 63.9 Å². The van der Waals surface area contributed by atoms with Crippen LogP contribution in [0.4, 0.5) is 0 Å². The molecule has 43 heavy (non-hydrogen) atoms. The molecule has 4 aliphatic rings. The van der Waals surface area contributed by atoms with E-state index in [-0.39, 0.29) is 16.7 Å². The summed E-state index contributed by atoms with van der Waals surface area (Å²) >= 11 is 0. The predicted molar refractivity (Wildman–Crippen MR) is 159 cm³/mol. The fraction of sp³-hybridized carbons (Fsp3) is 0.719. The van der Waals surface area contributed by atoms with Crippen molar-refractivity contribution < 1.29 is 34.2 Å². The molecule has 0 saturated heterocycles. The number of terminal acetylenes is 1. The SMILES string of the molecule is C#C[C@@]1(O)CC[C@@H]2[C@@H]3CCC4=C/C(=N/OCC(=O)N[C@@H](C(=O)N[C@H](CC(N)=O)C(=O)O)C(C)C)CC[C@]4(C)[C@@H]3CC[C@@]21C. The van der Waals surface area contributed by atoms with Crippen LogP contribution >= 0.6 is 0 Å². The number of allylic oxidation sites excluding steroid dienone is 2. The number of carboxylic acid groups (broad SMARTS) is 1. The Kier molecular flexibility index (Phi) is 9.31. The van der Waals surface area contributed by atoms with Gasteiger partial charge in [0.25, 0.3) is 5.91 Å². The van der Waals surface area contributed by atoms with E-state index in [1.165, 1.54) is 5.57 Å². The number of hydrogen-bond donors (Lipinski definition) is 5. The summed E-state index contributed by atoms with van der Waals surface area (Å²) in [6, 6.07) is -2.53. The molecule has 0 aliphatic heterocycles. The lowest BCUT2D eigenvalue weighted by Gasteiger charge is -2.58. The van der Waals surface area contributed by atoms with Crippen LogP contribution in [0.2, 0.25) is 0 Å². The number of carbonyl (C=O) groups excluding carboxylic acids is 3. The average molecular weight is 599 g/mol. The van der Waals surface area contributed by atoms with Crippen LogP contribution in [0.15, 0.2) is 16.8 Å². The summed E-state index contributed by atoms with van der Waals surface area (Å²) in [5.74, 6) is 0.285. The normalized spacial score (nSPS) is 35.3. The number of amides is 3. The first-order valence-corrected chi connectivity index (χ1v) is 15.4. The number of carboxylic acids is 1. The van der Waals surface area contributed by atoms with Gasteiger partial charge in [0.1, 0.15) is 17.7 Å². The second-order valence-electron chi connectivity index (χ2n) is 13.7. The number of aliphatic carboxylic acids is 1. The lowest BCUT2D eigenvalue weighted by molar-refractivity contribution is -0.144. The summed E-state index contributed by atoms with van der Waals surface area (Å²) < 4.78 is 0. The Balaban J connectivity index is 1.35. The van der Waals surface area contributed by atoms with Crippen molar-refractivity contribution in [3.63, 3.8) is 0 Å². The molecule has 0 radical (unpaired) electrons. The molecule has 0 unspecified atom stereocenters. The van der Waals surface area contributed by atoms with Crippen molar-refractivity contribution in [3.05, 3.63) is 11.6 Å². The molecule has 11 nitrogen and oxygen atoms in total. The number of rotatable bonds is 10. The highest BCUT2D eigenvalue weighted by Crippen LogP contribution is 2.67. The van der Waals surface area contributed by atoms with Crippen molar-refractivity contribution in [3.8, 4) is 12.3 Å². The highest BCUT2D eigenvalue weighted by Gasteiger charge is 2.63. The molecule has 6 N–H and O–H groups in total. The van der Waals surface area contributed by atoms with Crippen molar-refractivity contribution >= 4 is 29.4 Å². The molecule has 0 aromatic carbocycles. The van der Waals surface area contributed by atoms with E-state index in [1.54, 1.807) is 13.8 Å². The van der Waals surface area contributed by atoms with Crippen molar-refractivity contribution in [1.82, 2.24) is 10.6 Å². The largest absolute Gasteiger partial charge is 0.480 e. The Morgan fingerprint density at radius 2 is 1.81 bits per heavy atom. The van der Waals surface area contributed by atoms with E-state index in [9.17, 15) is 29.4 Å². The minimum absolute atomic E-state index is 0.0532. The standard InChI is InChI=1S/C32H46N4O7/c1-6-32(42)14-11-23-21-8-7-19-15-20(9-12-30(19,4)22(21)10-13-31(23,32)5)36-43-17-26(38)35-27(18(2)3)28(39)34-24(29(40)41)16-25(33)37/h1,15,18,21-24,27,42H,7-14,16-17H2,2-5H3,(H2,33,37)(H,34,39)(H,35,38)(H,40,41)/b36-20+/t21-,22-,23-,24-,27-,30+,31+,32-/m1/s1. The molecule has 0 spiro atoms. The van der Waals surface area contributed by atoms with Gasteiger partial charge in [0.2, 0.25) is 11.8 Å². The average Bonchev–Trinajstić information content (AvgIpc) is 3.21. The fourth-order valence-corrected chi connectivity index (χ4v) is 8.48. The topological polar surface area (TPSA) is 180 Å². The Morgan fingerprint density at radius 3 is 2.44 bits per heavy atom. The highest BCUT2D eigenvalue weighted by atomic mass is 16.6. The zero-order valence-electron chi connectivity index (χ0n) is 25.7. The number of carbonyl (C=O) groups is 4. The van der Waals surface area contributed by atoms with Crippen molar-refractivity contribution in [2.75, 3.05) is 6.61 Å². The number of nitrogens with zero attached hydrogens (tertiary/aromatic N) is 1. The van der Waals surface area contributed by atoms with Crippen LogP contribution in [0.1, 0.15) is 85.5 Å². The van der Waals surface area contributed by atoms with E-state index >= 15 is 0 Å². The Hall–Kier alpha value is -3.39. The second kappa shape index (κ2) is 12.3. The second-order valence-corrected chi connectivity index (χ2v) is 13.7. The lowest BCUT2D eigenvalue weighted by Crippen LogP contribution is -2.54. The van der Waals surface area contributed by atoms with Crippen molar-refractivity contribution in [2.24, 2.45) is 45.4 Å². The third-order valence-electron chi connectivity index (χ3n) is 11.0. The van der Waals surface area contributed by atoms with Gasteiger partial charge in [-0.1, -0.05) is 44.3 Å². The Bertz CT molecular complexity index is 1250. The molecular formula is C32H46N4O7. The molecule has 3 fully saturated rings. The minimum atomic E-state index is -1.49. The number of nitrogens with two attached hydrogens (primary N) is 1. The van der Waals surface area contributed by atoms with Crippen LogP contribution in [0.25, 0.3) is 0 Å². The number of aliphatic hydroxyl groups is 1. The molecule has 0 heterocycles. The summed E-state index contributed by atoms with van der Waals surface area (Å²) in [5.41, 5.74) is 6.03. The zero-order valence-corrected chi connectivity index (χ0v) is 25.7. The van der Waals surface area contributed by atoms with E-state index in [0.29, 0.717) is 30.6 Å². The predicted octanol–water partition coefficient (Wildman–Crippen LogP) is 2.27. The maximum atomic E-state index is 12.7. The van der Waals surface area contributed by atoms with Crippen LogP contribution in [0.5, 0.6) is 0 Å². The van der Waals surface area contributed by atoms with Gasteiger partial charge in [0.05, 0.1) is 12.1 Å². The summed E-state index contributed by atoms with van der Waals surface area (Å²) in [7, 11) is 0. The number of hydrogen-bond acceptors (Lipinski definition) is 7. The van der Waals surface area contributed by atoms with E-state index in [4.69, 9.17) is 17.0 Å². The Labute approximate surface area is 253 Å². The molecule has 8 atom stereocenters. The minimum Gasteiger partial charge on any atom is -0.480 e. The number of nitrogens with one attached hydrogen (secondary N) is 2. The maximum Gasteiger partial charge on any atom is 0.326 e. The monoisotopic (exact) mass is 598 g/mol. The van der Waals surface area contributed by atoms with Crippen LogP contribution < -0.4 is 16.4 Å².